The number of nitrogens with zero attached hydrogens (tertiary/aromatic N) is 2. The summed E-state index contributed by atoms with van der Waals surface area (Å²) in [7, 11) is 2.09. The SMILES string of the molecule is CN1CCC(CNc2nc(N)c(F)cc2F)CC1. The molecule has 0 atom stereocenters. The molecule has 0 saturated carbocycles. The number of hydrogen-bond donors (Lipinski definition) is 2. The van der Waals surface area contributed by atoms with Gasteiger partial charge < -0.3 is 16.0 Å². The Hall–Kier alpha value is -1.43. The molecule has 0 radical (unpaired) electrons. The van der Waals surface area contributed by atoms with Crippen molar-refractivity contribution in [2.75, 3.05) is 37.7 Å². The average molecular weight is 256 g/mol. The summed E-state index contributed by atoms with van der Waals surface area (Å²) in [5, 5.41) is 2.91. The smallest absolute Gasteiger partial charge is 0.168 e. The van der Waals surface area contributed by atoms with E-state index in [2.05, 4.69) is 22.2 Å². The highest BCUT2D eigenvalue weighted by atomic mass is 19.1. The molecule has 0 amide bonds. The summed E-state index contributed by atoms with van der Waals surface area (Å²) in [4.78, 5) is 5.95. The van der Waals surface area contributed by atoms with Gasteiger partial charge in [-0.05, 0) is 38.9 Å². The van der Waals surface area contributed by atoms with Crippen molar-refractivity contribution in [3.05, 3.63) is 17.7 Å². The molecule has 100 valence electrons. The average Bonchev–Trinajstić information content (AvgIpc) is 2.34. The summed E-state index contributed by atoms with van der Waals surface area (Å²) in [5.74, 6) is -1.27. The van der Waals surface area contributed by atoms with E-state index >= 15 is 0 Å². The van der Waals surface area contributed by atoms with Gasteiger partial charge in [-0.1, -0.05) is 0 Å². The zero-order valence-corrected chi connectivity index (χ0v) is 10.4. The van der Waals surface area contributed by atoms with Crippen LogP contribution in [0.2, 0.25) is 0 Å². The van der Waals surface area contributed by atoms with Gasteiger partial charge in [0, 0.05) is 12.6 Å². The van der Waals surface area contributed by atoms with Gasteiger partial charge in [0.25, 0.3) is 0 Å². The van der Waals surface area contributed by atoms with E-state index in [1.165, 1.54) is 0 Å². The van der Waals surface area contributed by atoms with Crippen molar-refractivity contribution in [3.63, 3.8) is 0 Å². The lowest BCUT2D eigenvalue weighted by Crippen LogP contribution is -2.33. The van der Waals surface area contributed by atoms with Crippen LogP contribution in [-0.4, -0.2) is 36.6 Å². The number of pyridine rings is 1. The summed E-state index contributed by atoms with van der Waals surface area (Å²) in [6, 6.07) is 0.763. The van der Waals surface area contributed by atoms with E-state index in [4.69, 9.17) is 5.73 Å². The summed E-state index contributed by atoms with van der Waals surface area (Å²) in [5.41, 5.74) is 5.32. The van der Waals surface area contributed by atoms with Crippen LogP contribution in [-0.2, 0) is 0 Å². The number of piperidine rings is 1. The van der Waals surface area contributed by atoms with Crippen LogP contribution in [0.4, 0.5) is 20.4 Å². The molecular formula is C12H18F2N4. The van der Waals surface area contributed by atoms with Crippen molar-refractivity contribution in [2.24, 2.45) is 5.92 Å². The van der Waals surface area contributed by atoms with Crippen LogP contribution in [0.5, 0.6) is 0 Å². The molecule has 0 aliphatic carbocycles. The monoisotopic (exact) mass is 256 g/mol. The zero-order valence-electron chi connectivity index (χ0n) is 10.4. The third-order valence-corrected chi connectivity index (χ3v) is 3.35. The van der Waals surface area contributed by atoms with Gasteiger partial charge in [0.05, 0.1) is 0 Å². The van der Waals surface area contributed by atoms with E-state index in [9.17, 15) is 8.78 Å². The van der Waals surface area contributed by atoms with Gasteiger partial charge in [-0.2, -0.15) is 0 Å². The van der Waals surface area contributed by atoms with Crippen LogP contribution in [0.15, 0.2) is 6.07 Å². The van der Waals surface area contributed by atoms with Gasteiger partial charge in [0.2, 0.25) is 0 Å². The molecule has 1 aliphatic heterocycles. The molecular weight excluding hydrogens is 238 g/mol. The Kier molecular flexibility index (Phi) is 3.96. The van der Waals surface area contributed by atoms with Crippen LogP contribution in [0.25, 0.3) is 0 Å². The number of nitrogen functional groups attached to an aromatic ring is 1. The first kappa shape index (κ1) is 13.0. The van der Waals surface area contributed by atoms with Crippen molar-refractivity contribution in [1.29, 1.82) is 0 Å². The largest absolute Gasteiger partial charge is 0.381 e. The maximum atomic E-state index is 13.4. The Morgan fingerprint density at radius 3 is 2.72 bits per heavy atom. The Labute approximate surface area is 105 Å². The molecule has 18 heavy (non-hydrogen) atoms. The van der Waals surface area contributed by atoms with E-state index in [1.54, 1.807) is 0 Å². The predicted molar refractivity (Wildman–Crippen MR) is 67.3 cm³/mol. The number of nitrogens with one attached hydrogen (secondary N) is 1. The lowest BCUT2D eigenvalue weighted by molar-refractivity contribution is 0.226. The molecule has 6 heteroatoms. The van der Waals surface area contributed by atoms with E-state index in [0.717, 1.165) is 32.0 Å². The highest BCUT2D eigenvalue weighted by Gasteiger charge is 2.17. The van der Waals surface area contributed by atoms with Gasteiger partial charge in [0.1, 0.15) is 0 Å². The molecule has 0 aromatic carbocycles. The summed E-state index contributed by atoms with van der Waals surface area (Å²) in [6.07, 6.45) is 2.14. The molecule has 4 nitrogen and oxygen atoms in total. The van der Waals surface area contributed by atoms with E-state index < -0.39 is 11.6 Å². The second-order valence-corrected chi connectivity index (χ2v) is 4.81. The first-order valence-corrected chi connectivity index (χ1v) is 6.10. The molecule has 2 rings (SSSR count). The topological polar surface area (TPSA) is 54.2 Å². The van der Waals surface area contributed by atoms with Crippen LogP contribution in [0, 0.1) is 17.6 Å². The Morgan fingerprint density at radius 1 is 1.39 bits per heavy atom. The minimum absolute atomic E-state index is 0.0350. The maximum absolute atomic E-state index is 13.4. The van der Waals surface area contributed by atoms with Crippen molar-refractivity contribution >= 4 is 11.6 Å². The number of aromatic nitrogens is 1. The highest BCUT2D eigenvalue weighted by Crippen LogP contribution is 2.20. The molecule has 1 saturated heterocycles. The van der Waals surface area contributed by atoms with Crippen molar-refractivity contribution in [2.45, 2.75) is 12.8 Å². The summed E-state index contributed by atoms with van der Waals surface area (Å²) >= 11 is 0. The lowest BCUT2D eigenvalue weighted by atomic mass is 9.97. The number of halogens is 2. The molecule has 0 unspecified atom stereocenters. The Morgan fingerprint density at radius 2 is 2.06 bits per heavy atom. The fourth-order valence-electron chi connectivity index (χ4n) is 2.11. The van der Waals surface area contributed by atoms with Gasteiger partial charge in [0.15, 0.2) is 23.3 Å². The van der Waals surface area contributed by atoms with Gasteiger partial charge >= 0.3 is 0 Å². The highest BCUT2D eigenvalue weighted by molar-refractivity contribution is 5.44. The zero-order chi connectivity index (χ0) is 13.1. The number of rotatable bonds is 3. The molecule has 1 aromatic rings. The molecule has 1 fully saturated rings. The molecule has 2 heterocycles. The molecule has 3 N–H and O–H groups in total. The van der Waals surface area contributed by atoms with Gasteiger partial charge in [-0.3, -0.25) is 0 Å². The Bertz CT molecular complexity index is 417. The first-order chi connectivity index (χ1) is 8.56. The van der Waals surface area contributed by atoms with Gasteiger partial charge in [-0.15, -0.1) is 0 Å². The van der Waals surface area contributed by atoms with Crippen molar-refractivity contribution in [1.82, 2.24) is 9.88 Å². The second kappa shape index (κ2) is 5.48. The lowest BCUT2D eigenvalue weighted by Gasteiger charge is -2.29. The third-order valence-electron chi connectivity index (χ3n) is 3.35. The minimum Gasteiger partial charge on any atom is -0.381 e. The number of nitrogens with two attached hydrogens (primary N) is 1. The number of likely N-dealkylation sites (tertiary alicyclic amines) is 1. The van der Waals surface area contributed by atoms with Crippen LogP contribution in [0.3, 0.4) is 0 Å². The molecule has 0 bridgehead atoms. The van der Waals surface area contributed by atoms with Crippen LogP contribution >= 0.6 is 0 Å². The molecule has 1 aromatic heterocycles. The van der Waals surface area contributed by atoms with Crippen molar-refractivity contribution < 1.29 is 8.78 Å². The predicted octanol–water partition coefficient (Wildman–Crippen LogP) is 1.70. The van der Waals surface area contributed by atoms with Crippen LogP contribution in [0.1, 0.15) is 12.8 Å². The maximum Gasteiger partial charge on any atom is 0.168 e. The second-order valence-electron chi connectivity index (χ2n) is 4.81. The fraction of sp³-hybridized carbons (Fsp3) is 0.583. The molecule has 1 aliphatic rings. The third kappa shape index (κ3) is 3.07. The fourth-order valence-corrected chi connectivity index (χ4v) is 2.11. The normalized spacial score (nSPS) is 17.9. The minimum atomic E-state index is -0.822. The quantitative estimate of drug-likeness (QED) is 0.864. The van der Waals surface area contributed by atoms with E-state index in [1.807, 2.05) is 0 Å². The van der Waals surface area contributed by atoms with Crippen LogP contribution < -0.4 is 11.1 Å². The molecule has 0 spiro atoms. The van der Waals surface area contributed by atoms with E-state index in [0.29, 0.717) is 12.5 Å². The standard InChI is InChI=1S/C12H18F2N4/c1-18-4-2-8(3-5-18)7-16-12-10(14)6-9(13)11(15)17-12/h6,8H,2-5,7H2,1H3,(H3,15,16,17). The summed E-state index contributed by atoms with van der Waals surface area (Å²) < 4.78 is 26.4. The first-order valence-electron chi connectivity index (χ1n) is 6.10. The van der Waals surface area contributed by atoms with Crippen molar-refractivity contribution in [3.8, 4) is 0 Å². The van der Waals surface area contributed by atoms with Gasteiger partial charge in [-0.25, -0.2) is 13.8 Å². The summed E-state index contributed by atoms with van der Waals surface area (Å²) in [6.45, 7) is 2.74. The Balaban J connectivity index is 1.92. The number of anilines is 2. The number of hydrogen-bond acceptors (Lipinski definition) is 4. The van der Waals surface area contributed by atoms with E-state index in [-0.39, 0.29) is 11.6 Å².